The van der Waals surface area contributed by atoms with E-state index in [1.807, 2.05) is 0 Å². The SMILES string of the molecule is CO/C=C\[C@@]1(OC)ON(c2cc(C(=O)OC)cc(OC)c2I)C[C@H]2[C@@H]1N2C(=O)OC. The summed E-state index contributed by atoms with van der Waals surface area (Å²) in [6.07, 6.45) is 2.53. The number of carbonyl (C=O) groups is 2. The van der Waals surface area contributed by atoms with Gasteiger partial charge in [-0.05, 0) is 34.7 Å². The Balaban J connectivity index is 2.06. The highest BCUT2D eigenvalue weighted by Gasteiger charge is 2.68. The van der Waals surface area contributed by atoms with Gasteiger partial charge >= 0.3 is 12.1 Å². The maximum Gasteiger partial charge on any atom is 0.410 e. The second-order valence-electron chi connectivity index (χ2n) is 6.51. The number of hydroxylamine groups is 1. The lowest BCUT2D eigenvalue weighted by Gasteiger charge is -2.38. The monoisotopic (exact) mass is 534 g/mol. The van der Waals surface area contributed by atoms with Crippen molar-refractivity contribution in [3.05, 3.63) is 33.6 Å². The Bertz CT molecular complexity index is 863. The molecule has 0 unspecified atom stereocenters. The molecule has 0 bridgehead atoms. The number of ether oxygens (including phenoxy) is 5. The van der Waals surface area contributed by atoms with Gasteiger partial charge in [0.25, 0.3) is 0 Å². The first-order chi connectivity index (χ1) is 14.4. The van der Waals surface area contributed by atoms with E-state index < -0.39 is 23.9 Å². The van der Waals surface area contributed by atoms with Gasteiger partial charge in [0.2, 0.25) is 5.79 Å². The van der Waals surface area contributed by atoms with Crippen LogP contribution in [0.3, 0.4) is 0 Å². The quantitative estimate of drug-likeness (QED) is 0.236. The van der Waals surface area contributed by atoms with Crippen LogP contribution in [0.15, 0.2) is 24.5 Å². The maximum atomic E-state index is 12.2. The number of carbonyl (C=O) groups excluding carboxylic acids is 2. The van der Waals surface area contributed by atoms with Gasteiger partial charge in [-0.1, -0.05) is 0 Å². The molecule has 164 valence electrons. The summed E-state index contributed by atoms with van der Waals surface area (Å²) in [4.78, 5) is 32.2. The Labute approximate surface area is 187 Å². The third-order valence-electron chi connectivity index (χ3n) is 5.02. The van der Waals surface area contributed by atoms with Crippen LogP contribution in [0, 0.1) is 3.57 Å². The third-order valence-corrected chi connectivity index (χ3v) is 6.10. The van der Waals surface area contributed by atoms with E-state index in [4.69, 9.17) is 28.5 Å². The maximum absolute atomic E-state index is 12.2. The molecule has 0 aliphatic carbocycles. The molecule has 0 N–H and O–H groups in total. The van der Waals surface area contributed by atoms with Gasteiger partial charge in [-0.3, -0.25) is 4.90 Å². The van der Waals surface area contributed by atoms with Crippen LogP contribution >= 0.6 is 22.6 Å². The zero-order valence-corrected chi connectivity index (χ0v) is 19.4. The molecule has 0 saturated carbocycles. The lowest BCUT2D eigenvalue weighted by molar-refractivity contribution is -0.209. The normalized spacial score (nSPS) is 25.0. The smallest absolute Gasteiger partial charge is 0.410 e. The van der Waals surface area contributed by atoms with E-state index in [2.05, 4.69) is 22.6 Å². The van der Waals surface area contributed by atoms with E-state index in [0.717, 1.165) is 0 Å². The molecule has 3 atom stereocenters. The standard InChI is InChI=1S/C19H23IN2O8/c1-25-7-6-19(29-5)16-13(22(16)18(24)28-4)10-21(30-19)12-8-11(17(23)27-3)9-14(26-2)15(12)20/h6-9,13,16H,10H2,1-5H3/b7-6-/t13-,16-,19+,22?/m0/s1. The first kappa shape index (κ1) is 22.4. The Morgan fingerprint density at radius 2 is 1.93 bits per heavy atom. The van der Waals surface area contributed by atoms with Crippen molar-refractivity contribution in [3.8, 4) is 5.75 Å². The van der Waals surface area contributed by atoms with Gasteiger partial charge in [-0.15, -0.1) is 0 Å². The highest BCUT2D eigenvalue weighted by Crippen LogP contribution is 2.48. The molecule has 0 radical (unpaired) electrons. The van der Waals surface area contributed by atoms with E-state index >= 15 is 0 Å². The van der Waals surface area contributed by atoms with Crippen molar-refractivity contribution < 1.29 is 38.1 Å². The number of halogens is 1. The summed E-state index contributed by atoms with van der Waals surface area (Å²) < 4.78 is 26.6. The molecule has 1 aromatic carbocycles. The summed E-state index contributed by atoms with van der Waals surface area (Å²) in [5.74, 6) is -1.35. The van der Waals surface area contributed by atoms with Crippen molar-refractivity contribution in [1.29, 1.82) is 0 Å². The van der Waals surface area contributed by atoms with Crippen LogP contribution in [0.25, 0.3) is 0 Å². The molecule has 0 spiro atoms. The van der Waals surface area contributed by atoms with E-state index in [0.29, 0.717) is 27.1 Å². The third kappa shape index (κ3) is 3.76. The summed E-state index contributed by atoms with van der Waals surface area (Å²) in [5.41, 5.74) is 0.865. The first-order valence-electron chi connectivity index (χ1n) is 8.91. The highest BCUT2D eigenvalue weighted by atomic mass is 127. The number of nitrogens with zero attached hydrogens (tertiary/aromatic N) is 2. The van der Waals surface area contributed by atoms with Gasteiger partial charge in [-0.25, -0.2) is 19.5 Å². The van der Waals surface area contributed by atoms with Crippen LogP contribution in [0.5, 0.6) is 5.75 Å². The predicted molar refractivity (Wildman–Crippen MR) is 113 cm³/mol. The van der Waals surface area contributed by atoms with Crippen molar-refractivity contribution in [2.24, 2.45) is 0 Å². The van der Waals surface area contributed by atoms with E-state index in [1.165, 1.54) is 46.7 Å². The molecule has 10 nitrogen and oxygen atoms in total. The molecule has 2 heterocycles. The average Bonchev–Trinajstić information content (AvgIpc) is 3.51. The number of methoxy groups -OCH3 is 5. The van der Waals surface area contributed by atoms with Crippen LogP contribution in [0.4, 0.5) is 10.5 Å². The lowest BCUT2D eigenvalue weighted by Crippen LogP contribution is -2.52. The Kier molecular flexibility index (Phi) is 6.62. The van der Waals surface area contributed by atoms with Gasteiger partial charge in [0, 0.05) is 13.2 Å². The molecule has 2 aliphatic rings. The van der Waals surface area contributed by atoms with E-state index in [1.54, 1.807) is 23.3 Å². The zero-order chi connectivity index (χ0) is 22.1. The Hall–Kier alpha value is -2.25. The van der Waals surface area contributed by atoms with Gasteiger partial charge in [0.15, 0.2) is 0 Å². The first-order valence-corrected chi connectivity index (χ1v) is 9.99. The summed E-state index contributed by atoms with van der Waals surface area (Å²) >= 11 is 2.11. The van der Waals surface area contributed by atoms with Crippen molar-refractivity contribution in [3.63, 3.8) is 0 Å². The topological polar surface area (TPSA) is 95.8 Å². The summed E-state index contributed by atoms with van der Waals surface area (Å²) in [7, 11) is 7.11. The summed E-state index contributed by atoms with van der Waals surface area (Å²) in [6, 6.07) is 2.59. The van der Waals surface area contributed by atoms with Crippen molar-refractivity contribution >= 4 is 40.3 Å². The number of hydrogen-bond acceptors (Lipinski definition) is 9. The molecule has 3 rings (SSSR count). The van der Waals surface area contributed by atoms with Crippen LogP contribution in [0.2, 0.25) is 0 Å². The van der Waals surface area contributed by atoms with Crippen LogP contribution in [-0.2, 0) is 23.8 Å². The minimum absolute atomic E-state index is 0.240. The van der Waals surface area contributed by atoms with Gasteiger partial charge in [-0.2, -0.15) is 0 Å². The van der Waals surface area contributed by atoms with Crippen LogP contribution < -0.4 is 9.80 Å². The fourth-order valence-corrected chi connectivity index (χ4v) is 4.33. The van der Waals surface area contributed by atoms with Crippen molar-refractivity contribution in [2.45, 2.75) is 17.9 Å². The largest absolute Gasteiger partial charge is 0.504 e. The molecular formula is C19H23IN2O8. The second kappa shape index (κ2) is 8.86. The predicted octanol–water partition coefficient (Wildman–Crippen LogP) is 2.16. The fourth-order valence-electron chi connectivity index (χ4n) is 3.53. The average molecular weight is 534 g/mol. The number of esters is 1. The number of amides is 1. The Morgan fingerprint density at radius 3 is 2.50 bits per heavy atom. The Morgan fingerprint density at radius 1 is 1.20 bits per heavy atom. The summed E-state index contributed by atoms with van der Waals surface area (Å²) in [6.45, 7) is 0.329. The van der Waals surface area contributed by atoms with Crippen molar-refractivity contribution in [2.75, 3.05) is 47.2 Å². The molecule has 2 saturated heterocycles. The molecule has 11 heteroatoms. The number of anilines is 1. The van der Waals surface area contributed by atoms with E-state index in [-0.39, 0.29) is 6.04 Å². The van der Waals surface area contributed by atoms with Gasteiger partial charge in [0.05, 0.1) is 62.1 Å². The second-order valence-corrected chi connectivity index (χ2v) is 7.59. The molecule has 30 heavy (non-hydrogen) atoms. The van der Waals surface area contributed by atoms with Crippen LogP contribution in [0.1, 0.15) is 10.4 Å². The zero-order valence-electron chi connectivity index (χ0n) is 17.2. The molecule has 1 amide bonds. The molecule has 1 aromatic rings. The van der Waals surface area contributed by atoms with Crippen LogP contribution in [-0.4, -0.2) is 76.9 Å². The molecule has 2 aliphatic heterocycles. The fraction of sp³-hybridized carbons (Fsp3) is 0.474. The molecule has 0 aromatic heterocycles. The minimum atomic E-state index is -1.31. The number of fused-ring (bicyclic) bond motifs is 1. The summed E-state index contributed by atoms with van der Waals surface area (Å²) in [5, 5.41) is 1.57. The van der Waals surface area contributed by atoms with Gasteiger partial charge < -0.3 is 23.7 Å². The van der Waals surface area contributed by atoms with Gasteiger partial charge in [0.1, 0.15) is 11.8 Å². The number of rotatable bonds is 6. The number of hydrogen-bond donors (Lipinski definition) is 0. The lowest BCUT2D eigenvalue weighted by atomic mass is 10.1. The minimum Gasteiger partial charge on any atom is -0.504 e. The highest BCUT2D eigenvalue weighted by molar-refractivity contribution is 14.1. The van der Waals surface area contributed by atoms with E-state index in [9.17, 15) is 9.59 Å². The van der Waals surface area contributed by atoms with Crippen molar-refractivity contribution in [1.82, 2.24) is 4.90 Å². The molecular weight excluding hydrogens is 511 g/mol. The molecule has 2 fully saturated rings. The number of benzene rings is 1.